The van der Waals surface area contributed by atoms with Gasteiger partial charge in [-0.1, -0.05) is 0 Å². The van der Waals surface area contributed by atoms with E-state index in [-0.39, 0.29) is 5.92 Å². The molecule has 0 saturated heterocycles. The number of hydrogen-bond acceptors (Lipinski definition) is 3. The van der Waals surface area contributed by atoms with Gasteiger partial charge in [0, 0.05) is 5.56 Å². The second kappa shape index (κ2) is 4.51. The van der Waals surface area contributed by atoms with Crippen molar-refractivity contribution in [2.45, 2.75) is 10.6 Å². The van der Waals surface area contributed by atoms with E-state index in [1.807, 2.05) is 23.2 Å². The quantitative estimate of drug-likeness (QED) is 0.757. The molecule has 1 aliphatic heterocycles. The van der Waals surface area contributed by atoms with Crippen molar-refractivity contribution in [2.24, 2.45) is 5.92 Å². The highest BCUT2D eigenvalue weighted by Crippen LogP contribution is 2.35. The van der Waals surface area contributed by atoms with Gasteiger partial charge in [0.1, 0.15) is 0 Å². The summed E-state index contributed by atoms with van der Waals surface area (Å²) in [6.07, 6.45) is 1.01. The lowest BCUT2D eigenvalue weighted by Crippen LogP contribution is -2.41. The predicted molar refractivity (Wildman–Crippen MR) is 70.4 cm³/mol. The molecule has 2 rings (SSSR count). The lowest BCUT2D eigenvalue weighted by Gasteiger charge is -2.27. The third-order valence-electron chi connectivity index (χ3n) is 2.73. The van der Waals surface area contributed by atoms with E-state index < -0.39 is 0 Å². The van der Waals surface area contributed by atoms with Crippen molar-refractivity contribution < 1.29 is 9.28 Å². The molecule has 1 aromatic rings. The number of thiophene rings is 1. The van der Waals surface area contributed by atoms with Crippen molar-refractivity contribution in [3.05, 3.63) is 17.0 Å². The standard InChI is InChI=1S/C12H18NOS2/c1-13(2,3)8-9-4-6-15-12-10(11(9)14)5-7-16-12/h5,7,9H,4,6,8H2,1-3H3/q+1. The van der Waals surface area contributed by atoms with Gasteiger partial charge in [0.05, 0.1) is 37.8 Å². The number of rotatable bonds is 2. The molecule has 1 aliphatic rings. The molecular formula is C12H18NOS2+. The molecule has 0 radical (unpaired) electrons. The molecule has 1 unspecified atom stereocenters. The third-order valence-corrected chi connectivity index (χ3v) is 5.00. The van der Waals surface area contributed by atoms with E-state index in [0.29, 0.717) is 5.78 Å². The van der Waals surface area contributed by atoms with Crippen LogP contribution in [0.1, 0.15) is 16.8 Å². The van der Waals surface area contributed by atoms with Gasteiger partial charge in [-0.05, 0) is 23.6 Å². The van der Waals surface area contributed by atoms with E-state index in [1.165, 1.54) is 4.21 Å². The summed E-state index contributed by atoms with van der Waals surface area (Å²) in [6, 6.07) is 1.99. The number of quaternary nitrogens is 1. The predicted octanol–water partition coefficient (Wildman–Crippen LogP) is 2.75. The highest BCUT2D eigenvalue weighted by molar-refractivity contribution is 8.01. The normalized spacial score (nSPS) is 21.7. The van der Waals surface area contributed by atoms with Crippen LogP contribution in [-0.2, 0) is 0 Å². The zero-order chi connectivity index (χ0) is 11.8. The summed E-state index contributed by atoms with van der Waals surface area (Å²) >= 11 is 3.54. The van der Waals surface area contributed by atoms with Crippen LogP contribution in [0, 0.1) is 5.92 Å². The van der Waals surface area contributed by atoms with Crippen molar-refractivity contribution in [3.8, 4) is 0 Å². The van der Waals surface area contributed by atoms with Crippen molar-refractivity contribution in [1.82, 2.24) is 0 Å². The number of ketones is 1. The van der Waals surface area contributed by atoms with Gasteiger partial charge in [0.25, 0.3) is 0 Å². The molecule has 2 nitrogen and oxygen atoms in total. The van der Waals surface area contributed by atoms with Crippen LogP contribution in [0.5, 0.6) is 0 Å². The summed E-state index contributed by atoms with van der Waals surface area (Å²) in [6.45, 7) is 0.939. The number of carbonyl (C=O) groups is 1. The lowest BCUT2D eigenvalue weighted by atomic mass is 9.96. The van der Waals surface area contributed by atoms with Gasteiger partial charge in [-0.2, -0.15) is 0 Å². The second-order valence-corrected chi connectivity index (χ2v) is 7.57. The average molecular weight is 256 g/mol. The van der Waals surface area contributed by atoms with Crippen molar-refractivity contribution in [3.63, 3.8) is 0 Å². The molecular weight excluding hydrogens is 238 g/mol. The van der Waals surface area contributed by atoms with E-state index in [0.717, 1.165) is 28.8 Å². The van der Waals surface area contributed by atoms with Crippen molar-refractivity contribution in [2.75, 3.05) is 33.4 Å². The highest BCUT2D eigenvalue weighted by atomic mass is 32.2. The third kappa shape index (κ3) is 2.67. The Morgan fingerprint density at radius 2 is 2.19 bits per heavy atom. The Morgan fingerprint density at radius 1 is 1.44 bits per heavy atom. The van der Waals surface area contributed by atoms with E-state index in [9.17, 15) is 4.79 Å². The van der Waals surface area contributed by atoms with Crippen LogP contribution < -0.4 is 0 Å². The summed E-state index contributed by atoms with van der Waals surface area (Å²) in [7, 11) is 6.46. The van der Waals surface area contributed by atoms with Crippen LogP contribution in [0.15, 0.2) is 15.7 Å². The van der Waals surface area contributed by atoms with E-state index in [2.05, 4.69) is 21.1 Å². The molecule has 0 fully saturated rings. The minimum absolute atomic E-state index is 0.198. The highest BCUT2D eigenvalue weighted by Gasteiger charge is 2.30. The van der Waals surface area contributed by atoms with Crippen LogP contribution in [0.4, 0.5) is 0 Å². The monoisotopic (exact) mass is 256 g/mol. The van der Waals surface area contributed by atoms with Crippen LogP contribution in [0.25, 0.3) is 0 Å². The van der Waals surface area contributed by atoms with Gasteiger partial charge in [0.15, 0.2) is 5.78 Å². The lowest BCUT2D eigenvalue weighted by molar-refractivity contribution is -0.872. The zero-order valence-corrected chi connectivity index (χ0v) is 11.7. The smallest absolute Gasteiger partial charge is 0.173 e. The van der Waals surface area contributed by atoms with Crippen LogP contribution >= 0.6 is 23.1 Å². The van der Waals surface area contributed by atoms with E-state index in [1.54, 1.807) is 11.3 Å². The van der Waals surface area contributed by atoms with Crippen molar-refractivity contribution in [1.29, 1.82) is 0 Å². The Kier molecular flexibility index (Phi) is 3.42. The first-order valence-electron chi connectivity index (χ1n) is 5.52. The summed E-state index contributed by atoms with van der Waals surface area (Å²) in [5.74, 6) is 1.63. The van der Waals surface area contributed by atoms with Gasteiger partial charge in [-0.15, -0.1) is 23.1 Å². The zero-order valence-electron chi connectivity index (χ0n) is 10.0. The van der Waals surface area contributed by atoms with Gasteiger partial charge < -0.3 is 4.48 Å². The number of carbonyl (C=O) groups excluding carboxylic acids is 1. The van der Waals surface area contributed by atoms with Crippen LogP contribution in [0.2, 0.25) is 0 Å². The topological polar surface area (TPSA) is 17.1 Å². The van der Waals surface area contributed by atoms with E-state index in [4.69, 9.17) is 0 Å². The summed E-state index contributed by atoms with van der Waals surface area (Å²) in [5.41, 5.74) is 0.964. The Hall–Kier alpha value is -0.320. The Bertz CT molecular complexity index is 392. The molecule has 2 heterocycles. The molecule has 0 bridgehead atoms. The molecule has 4 heteroatoms. The van der Waals surface area contributed by atoms with Gasteiger partial charge in [0.2, 0.25) is 0 Å². The molecule has 0 amide bonds. The maximum Gasteiger partial charge on any atom is 0.173 e. The number of Topliss-reactive ketones (excluding diaryl/α,β-unsaturated/α-hetero) is 1. The maximum absolute atomic E-state index is 12.4. The largest absolute Gasteiger partial charge is 0.330 e. The fourth-order valence-electron chi connectivity index (χ4n) is 2.07. The van der Waals surface area contributed by atoms with Gasteiger partial charge >= 0.3 is 0 Å². The molecule has 0 saturated carbocycles. The molecule has 0 spiro atoms. The minimum atomic E-state index is 0.198. The van der Waals surface area contributed by atoms with Crippen LogP contribution in [0.3, 0.4) is 0 Å². The average Bonchev–Trinajstić information content (AvgIpc) is 2.56. The first-order valence-corrected chi connectivity index (χ1v) is 7.39. The number of fused-ring (bicyclic) bond motifs is 1. The number of hydrogen-bond donors (Lipinski definition) is 0. The molecule has 1 atom stereocenters. The van der Waals surface area contributed by atoms with E-state index >= 15 is 0 Å². The Morgan fingerprint density at radius 3 is 2.88 bits per heavy atom. The molecule has 0 N–H and O–H groups in total. The fraction of sp³-hybridized carbons (Fsp3) is 0.583. The number of nitrogens with zero attached hydrogens (tertiary/aromatic N) is 1. The summed E-state index contributed by atoms with van der Waals surface area (Å²) < 4.78 is 2.08. The maximum atomic E-state index is 12.4. The van der Waals surface area contributed by atoms with Crippen molar-refractivity contribution >= 4 is 28.9 Å². The SMILES string of the molecule is C[N+](C)(C)CC1CCSc2sccc2C1=O. The molecule has 0 aromatic carbocycles. The van der Waals surface area contributed by atoms with Gasteiger partial charge in [-0.3, -0.25) is 4.79 Å². The van der Waals surface area contributed by atoms with Crippen LogP contribution in [-0.4, -0.2) is 43.7 Å². The minimum Gasteiger partial charge on any atom is -0.330 e. The summed E-state index contributed by atoms with van der Waals surface area (Å²) in [5, 5.41) is 2.03. The summed E-state index contributed by atoms with van der Waals surface area (Å²) in [4.78, 5) is 12.4. The first kappa shape index (κ1) is 12.1. The Labute approximate surface area is 105 Å². The molecule has 16 heavy (non-hydrogen) atoms. The Balaban J connectivity index is 2.21. The molecule has 1 aromatic heterocycles. The van der Waals surface area contributed by atoms with Gasteiger partial charge in [-0.25, -0.2) is 0 Å². The molecule has 88 valence electrons. The molecule has 0 aliphatic carbocycles. The second-order valence-electron chi connectivity index (χ2n) is 5.29. The number of thioether (sulfide) groups is 1. The first-order chi connectivity index (χ1) is 7.47. The fourth-order valence-corrected chi connectivity index (χ4v) is 4.29.